The number of nitrogens with zero attached hydrogens (tertiary/aromatic N) is 1. The van der Waals surface area contributed by atoms with E-state index < -0.39 is 39.5 Å². The van der Waals surface area contributed by atoms with Crippen LogP contribution >= 0.6 is 0 Å². The summed E-state index contributed by atoms with van der Waals surface area (Å²) < 4.78 is 113. The predicted molar refractivity (Wildman–Crippen MR) is 353 cm³/mol. The highest BCUT2D eigenvalue weighted by Crippen LogP contribution is 2.78. The first-order chi connectivity index (χ1) is 26.3. The minimum atomic E-state index is -1.23. The van der Waals surface area contributed by atoms with Crippen LogP contribution in [0, 0.1) is 25.2 Å². The van der Waals surface area contributed by atoms with Crippen molar-refractivity contribution in [3.63, 3.8) is 0 Å². The number of carbonyl (C=O) groups is 1. The summed E-state index contributed by atoms with van der Waals surface area (Å²) in [5.41, 5.74) is 0.682. The van der Waals surface area contributed by atoms with Crippen LogP contribution in [0.4, 0.5) is 0 Å². The number of Topliss-reactive ketones (excluding diaryl/α,β-unsaturated/α-hetero) is 1. The molecule has 5 aliphatic rings. The predicted octanol–water partition coefficient (Wildman–Crippen LogP) is 26.6. The highest BCUT2D eigenvalue weighted by molar-refractivity contribution is 5.91. The Morgan fingerprint density at radius 3 is 2.32 bits per heavy atom. The zero-order valence-corrected chi connectivity index (χ0v) is 26.9. The van der Waals surface area contributed by atoms with Crippen LogP contribution in [0.2, 0.25) is 0 Å². The summed E-state index contributed by atoms with van der Waals surface area (Å²) in [6, 6.07) is -1.16. The van der Waals surface area contributed by atoms with Crippen molar-refractivity contribution in [2.75, 3.05) is 13.7 Å². The molecule has 2 heterocycles. The summed E-state index contributed by atoms with van der Waals surface area (Å²) in [6.45, 7) is 23.0. The molecule has 1 unspecified atom stereocenters. The monoisotopic (exact) mass is 806 g/mol. The van der Waals surface area contributed by atoms with Crippen LogP contribution in [-0.4, -0.2) is 58.3 Å². The molecule has 1 aromatic rings. The molecule has 2 bridgehead atoms. The van der Waals surface area contributed by atoms with Crippen molar-refractivity contribution in [3.05, 3.63) is 22.3 Å². The highest BCUT2D eigenvalue weighted by Gasteiger charge is 2.89. The molecule has 2 saturated carbocycles. The van der Waals surface area contributed by atoms with E-state index in [0.717, 1.165) is 23.2 Å². The van der Waals surface area contributed by atoms with Gasteiger partial charge in [-0.3, -0.25) is 4.79 Å². The SMILES string of the molecule is [2H]C(C)(C)[N+]1(CC2CC2)[C@@H]2C(C)(C)c3c(C)c(C)c(OC)c4c3[C@]3([C@@H](O4)C(=O)CC[C@]23O)C(C)(C)C1(C)C.[2H][2H].[2H][2H].[2H][2H].[2H][2H].[2H][2H].[2H][2H].[2H][2H].[2H][2H].[2H][2H].[Br-].[HH].[HH].[HH].[HH].[HH].[HH].[HH].[HH].[HH].[HH].[HH].[HH].[HH].[HH].[HH].[HH].[HH].[HH].[HH].[HH].[HH].[HH].[HH].[HH].[HH].[HH].[HH].[HH].[HH].[HH].[HH].[HH].[HH].[HH].[HH].[HH].[HH].[HH].[HH].[HH].[HH].[HH].[HH].[HH].[HH].[HH].[HH].[HH].[HH].[HH].[HH].[HH].[HH].[HH].[HH].[HH].[HH].[HH].[HH].[HH].[HH].[HH].[HH].[HH].[HH].[HH].[HH].[HH].[HH].[HH].[HH].[HH].[HH].[HH].[HH].[HH].[HH].[HH].[HH].[HH].[HH].[HH].[HH].[HH].[HH].[HH].[HH].[HH].[HH]. The third kappa shape index (κ3) is 2.57. The zero-order chi connectivity index (χ0) is 46.2. The fourth-order valence-electron chi connectivity index (χ4n) is 10.7. The maximum atomic E-state index is 13.9. The van der Waals surface area contributed by atoms with Gasteiger partial charge in [-0.05, 0) is 91.3 Å². The van der Waals surface area contributed by atoms with Crippen molar-refractivity contribution < 1.29 is 196 Å². The molecule has 2 aliphatic heterocycles. The number of hydrogen-bond donors (Lipinski definition) is 1. The molecule has 3 aliphatic carbocycles. The van der Waals surface area contributed by atoms with Crippen molar-refractivity contribution >= 4 is 5.78 Å². The normalized spacial score (nSPS) is 41.4. The molecule has 5 atom stereocenters. The van der Waals surface area contributed by atoms with Gasteiger partial charge in [0.15, 0.2) is 23.4 Å². The fourth-order valence-corrected chi connectivity index (χ4v) is 10.7. The summed E-state index contributed by atoms with van der Waals surface area (Å²) in [7, 11) is 1.68. The Kier molecular flexibility index (Phi) is 3.76. The van der Waals surface area contributed by atoms with E-state index in [2.05, 4.69) is 69.2 Å². The van der Waals surface area contributed by atoms with E-state index in [-0.39, 0.29) is 162 Å². The average molecular weight is 807 g/mol. The van der Waals surface area contributed by atoms with E-state index in [1.165, 1.54) is 18.4 Å². The van der Waals surface area contributed by atoms with Crippen LogP contribution in [-0.2, 0) is 15.6 Å². The van der Waals surface area contributed by atoms with Gasteiger partial charge in [0.2, 0.25) is 0 Å². The van der Waals surface area contributed by atoms with Gasteiger partial charge in [0.05, 0.1) is 26.5 Å². The van der Waals surface area contributed by atoms with Crippen LogP contribution in [0.1, 0.15) is 258 Å². The molecular formula is C32H244BrNO4. The van der Waals surface area contributed by atoms with Crippen molar-refractivity contribution in [2.45, 2.75) is 135 Å². The quantitative estimate of drug-likeness (QED) is 0.308. The number of quaternary nitrogens is 1. The topological polar surface area (TPSA) is 55.8 Å². The van der Waals surface area contributed by atoms with Crippen LogP contribution in [0.15, 0.2) is 0 Å². The number of carbonyl (C=O) groups excluding carboxylic acids is 1. The lowest BCUT2D eigenvalue weighted by atomic mass is 9.33. The summed E-state index contributed by atoms with van der Waals surface area (Å²) in [5.74, 6) is 1.98. The van der Waals surface area contributed by atoms with Gasteiger partial charge in [-0.25, -0.2) is 0 Å². The maximum Gasteiger partial charge on any atom is 0.174 e. The number of ketones is 1. The van der Waals surface area contributed by atoms with Crippen molar-refractivity contribution in [1.82, 2.24) is 0 Å². The molecule has 1 spiro atoms. The molecule has 1 aromatic carbocycles. The Bertz CT molecular complexity index is 1390. The molecule has 1 N–H and O–H groups in total. The van der Waals surface area contributed by atoms with Gasteiger partial charge >= 0.3 is 0 Å². The molecule has 408 valence electrons. The lowest BCUT2D eigenvalue weighted by Crippen LogP contribution is -3.00. The van der Waals surface area contributed by atoms with E-state index in [1.807, 2.05) is 0 Å². The van der Waals surface area contributed by atoms with Crippen LogP contribution in [0.3, 0.4) is 0 Å². The Morgan fingerprint density at radius 1 is 1.18 bits per heavy atom. The van der Waals surface area contributed by atoms with Crippen LogP contribution in [0.25, 0.3) is 0 Å². The number of hydrogen-bond acceptors (Lipinski definition) is 4. The molecule has 6 rings (SSSR count). The standard InChI is InChI=1S/C32H48NO4.BrH.98H2/c1-17(2)33(16-20-12-13-20)27-28(5,6)22-18(3)19(4)24(36-11)25-23(22)32(29(7,8)30(33,9)10)26(37-25)21(34)14-15-31(27,32)35;;;;;;;;;;;;;;;;;;;;;;;;;;;;;;;;;;;;;;;;;;;;;;;;;;;;;;;;;;;;;;;;;;;;;;;;;;;;;;;;;;;;;;;;;;;;;;;;;;;/h17,20,26-27,35H,12-16H2,1-11H3;99*1H/q+1;;;;;;;;;;;;;;;;;;;;;;;;;;;;;;;;;;;;;;;;;;;;;;;;;;;;;;;;;;;;;;;;;;;;;;;;;;;;;;;;;;;;;;;;;;;;;;;;;;;/p-1/t26-,27+,31-,32-,33?;;;;;;;;;;;;;;;;;;;;;;;;;;;;;;;;;;;;;;;;;;;;;;;;;;;;;;;;;;;;;;;;;;;;;;;;;;;;;;;;;;;;;;;;;;;;;;;;;;;/m0.................................................................................................../s1/i17D;;9*1+1D;;;;;;;;;;;;;;;;;;;;;;;;;;;;;;;;;;;;;;;;;;;;;;;;;;;;;;;;;;;;;;;;;;;;;;;;;;;;;;;;;;;;;;;;;. The fraction of sp³-hybridized carbons (Fsp3) is 0.781. The number of rotatable bonds is 4. The number of aliphatic hydroxyl groups is 1. The van der Waals surface area contributed by atoms with E-state index >= 15 is 0 Å². The van der Waals surface area contributed by atoms with E-state index in [9.17, 15) is 11.3 Å². The third-order valence-electron chi connectivity index (χ3n) is 12.7. The Labute approximate surface area is 401 Å². The average Bonchev–Trinajstić information content (AvgIpc) is 3.96. The second-order valence-electron chi connectivity index (χ2n) is 14.8. The largest absolute Gasteiger partial charge is 1.00 e. The van der Waals surface area contributed by atoms with E-state index in [1.54, 1.807) is 7.11 Å². The summed E-state index contributed by atoms with van der Waals surface area (Å²) >= 11 is 0. The smallest absolute Gasteiger partial charge is 0.174 e. The van der Waals surface area contributed by atoms with Gasteiger partial charge in [-0.2, -0.15) is 0 Å². The van der Waals surface area contributed by atoms with Gasteiger partial charge in [0.1, 0.15) is 17.2 Å². The van der Waals surface area contributed by atoms with Crippen LogP contribution < -0.4 is 26.5 Å². The Hall–Kier alpha value is -1.11. The van der Waals surface area contributed by atoms with Gasteiger partial charge in [0, 0.05) is 182 Å². The number of ether oxygens (including phenoxy) is 2. The molecule has 38 heavy (non-hydrogen) atoms. The van der Waals surface area contributed by atoms with Crippen molar-refractivity contribution in [1.29, 1.82) is 0 Å². The Balaban J connectivity index is -0.00000000260. The molecule has 6 heteroatoms. The first-order valence-electron chi connectivity index (χ1n) is 23.8. The number of piperidine rings is 1. The number of methoxy groups -OCH3 is 1. The molecule has 5 nitrogen and oxygen atoms in total. The van der Waals surface area contributed by atoms with Crippen molar-refractivity contribution in [2.24, 2.45) is 11.3 Å². The van der Waals surface area contributed by atoms with E-state index in [4.69, 9.17) is 36.2 Å². The Morgan fingerprint density at radius 2 is 1.79 bits per heavy atom. The maximum absolute atomic E-state index is 13.9. The number of likely N-dealkylation sites (tertiary alicyclic amines) is 1. The van der Waals surface area contributed by atoms with Gasteiger partial charge in [-0.1, -0.05) is 13.8 Å². The van der Waals surface area contributed by atoms with Crippen molar-refractivity contribution in [3.8, 4) is 11.5 Å². The molecule has 0 amide bonds. The third-order valence-corrected chi connectivity index (χ3v) is 12.7. The second kappa shape index (κ2) is 7.79. The van der Waals surface area contributed by atoms with Gasteiger partial charge < -0.3 is 36.0 Å². The molecule has 1 saturated heterocycles. The molecule has 0 aromatic heterocycles. The highest BCUT2D eigenvalue weighted by atomic mass is 79.9. The minimum Gasteiger partial charge on any atom is -1.00 e. The summed E-state index contributed by atoms with van der Waals surface area (Å²) in [6.07, 6.45) is 2.29. The van der Waals surface area contributed by atoms with Crippen LogP contribution in [0.5, 0.6) is 11.5 Å². The number of benzene rings is 1. The van der Waals surface area contributed by atoms with Gasteiger partial charge in [-0.15, -0.1) is 0 Å². The summed E-state index contributed by atoms with van der Waals surface area (Å²) in [5, 5.41) is 13.6. The zero-order valence-electron chi connectivity index (χ0n) is 44.3. The number of halogens is 1. The lowest BCUT2D eigenvalue weighted by Gasteiger charge is -2.80. The minimum absolute atomic E-state index is 0. The molecule has 0 radical (unpaired) electrons. The first kappa shape index (κ1) is 18.3. The van der Waals surface area contributed by atoms with Gasteiger partial charge in [0.25, 0.3) is 0 Å². The summed E-state index contributed by atoms with van der Waals surface area (Å²) in [4.78, 5) is 13.9. The molecular weight excluding hydrogens is 542 g/mol. The lowest BCUT2D eigenvalue weighted by molar-refractivity contribution is -1.04. The second-order valence-corrected chi connectivity index (χ2v) is 14.8. The molecule has 3 fully saturated rings. The first-order valence-corrected chi connectivity index (χ1v) is 14.3. The van der Waals surface area contributed by atoms with E-state index in [0.29, 0.717) is 28.3 Å².